The van der Waals surface area contributed by atoms with Crippen molar-refractivity contribution in [2.45, 2.75) is 0 Å². The molecule has 0 atom stereocenters. The van der Waals surface area contributed by atoms with Crippen LogP contribution in [0.1, 0.15) is 0 Å². The minimum atomic E-state index is -0.354. The molecule has 0 spiro atoms. The number of aromatic hydroxyl groups is 1. The van der Waals surface area contributed by atoms with Gasteiger partial charge in [0.25, 0.3) is 0 Å². The molecule has 69 valence electrons. The Morgan fingerprint density at radius 2 is 2.21 bits per heavy atom. The molecule has 1 aromatic carbocycles. The molecule has 1 aromatic heterocycles. The van der Waals surface area contributed by atoms with E-state index in [4.69, 9.17) is 0 Å². The second-order valence-electron chi connectivity index (χ2n) is 2.80. The molecule has 2 aromatic rings. The van der Waals surface area contributed by atoms with Crippen molar-refractivity contribution in [2.75, 3.05) is 0 Å². The lowest BCUT2D eigenvalue weighted by Crippen LogP contribution is -1.84. The van der Waals surface area contributed by atoms with Crippen molar-refractivity contribution in [3.05, 3.63) is 48.4 Å². The summed E-state index contributed by atoms with van der Waals surface area (Å²) in [7, 11) is 0. The first kappa shape index (κ1) is 8.69. The van der Waals surface area contributed by atoms with Crippen molar-refractivity contribution in [3.8, 4) is 17.0 Å². The molecule has 0 aliphatic heterocycles. The Balaban J connectivity index is 2.55. The van der Waals surface area contributed by atoms with E-state index in [-0.39, 0.29) is 11.6 Å². The third kappa shape index (κ3) is 1.57. The molecular formula is C11H7FNO. The van der Waals surface area contributed by atoms with Gasteiger partial charge in [-0.25, -0.2) is 4.39 Å². The third-order valence-corrected chi connectivity index (χ3v) is 1.82. The fraction of sp³-hybridized carbons (Fsp3) is 0. The average molecular weight is 188 g/mol. The van der Waals surface area contributed by atoms with Gasteiger partial charge in [-0.05, 0) is 18.2 Å². The smallest absolute Gasteiger partial charge is 0.149 e. The zero-order chi connectivity index (χ0) is 9.97. The van der Waals surface area contributed by atoms with Crippen LogP contribution in [0.25, 0.3) is 11.3 Å². The highest BCUT2D eigenvalue weighted by molar-refractivity contribution is 5.64. The van der Waals surface area contributed by atoms with Gasteiger partial charge >= 0.3 is 0 Å². The summed E-state index contributed by atoms with van der Waals surface area (Å²) in [6, 6.07) is 9.99. The lowest BCUT2D eigenvalue weighted by atomic mass is 10.1. The van der Waals surface area contributed by atoms with Crippen LogP contribution in [-0.2, 0) is 0 Å². The Morgan fingerprint density at radius 3 is 2.93 bits per heavy atom. The van der Waals surface area contributed by atoms with Crippen molar-refractivity contribution in [1.82, 2.24) is 4.98 Å². The quantitative estimate of drug-likeness (QED) is 0.745. The van der Waals surface area contributed by atoms with Gasteiger partial charge in [0.2, 0.25) is 0 Å². The summed E-state index contributed by atoms with van der Waals surface area (Å²) < 4.78 is 12.9. The van der Waals surface area contributed by atoms with E-state index in [0.29, 0.717) is 11.3 Å². The van der Waals surface area contributed by atoms with E-state index in [1.807, 2.05) is 0 Å². The van der Waals surface area contributed by atoms with Crippen molar-refractivity contribution in [2.24, 2.45) is 0 Å². The average Bonchev–Trinajstić information content (AvgIpc) is 2.18. The van der Waals surface area contributed by atoms with Crippen LogP contribution in [0.3, 0.4) is 0 Å². The van der Waals surface area contributed by atoms with Crippen LogP contribution < -0.4 is 0 Å². The predicted molar refractivity (Wildman–Crippen MR) is 50.1 cm³/mol. The summed E-state index contributed by atoms with van der Waals surface area (Å²) in [6.45, 7) is 0. The number of rotatable bonds is 1. The van der Waals surface area contributed by atoms with Gasteiger partial charge in [0.1, 0.15) is 17.3 Å². The molecule has 14 heavy (non-hydrogen) atoms. The molecule has 0 saturated carbocycles. The van der Waals surface area contributed by atoms with E-state index < -0.39 is 0 Å². The maximum Gasteiger partial charge on any atom is 0.149 e. The monoisotopic (exact) mass is 188 g/mol. The van der Waals surface area contributed by atoms with Crippen LogP contribution in [0.2, 0.25) is 0 Å². The summed E-state index contributed by atoms with van der Waals surface area (Å²) in [5.41, 5.74) is 0.881. The third-order valence-electron chi connectivity index (χ3n) is 1.82. The first-order chi connectivity index (χ1) is 6.77. The number of aromatic nitrogens is 1. The normalized spacial score (nSPS) is 10.1. The van der Waals surface area contributed by atoms with E-state index in [1.165, 1.54) is 24.4 Å². The Hall–Kier alpha value is -1.90. The Kier molecular flexibility index (Phi) is 2.14. The van der Waals surface area contributed by atoms with Crippen LogP contribution in [0, 0.1) is 11.9 Å². The van der Waals surface area contributed by atoms with E-state index in [9.17, 15) is 9.50 Å². The highest BCUT2D eigenvalue weighted by atomic mass is 19.1. The molecule has 0 amide bonds. The summed E-state index contributed by atoms with van der Waals surface area (Å²) in [5, 5.41) is 9.41. The lowest BCUT2D eigenvalue weighted by Gasteiger charge is -2.02. The number of hydrogen-bond acceptors (Lipinski definition) is 2. The fourth-order valence-electron chi connectivity index (χ4n) is 1.20. The molecule has 0 bridgehead atoms. The molecule has 0 fully saturated rings. The highest BCUT2D eigenvalue weighted by Gasteiger charge is 2.05. The van der Waals surface area contributed by atoms with Gasteiger partial charge in [0, 0.05) is 17.8 Å². The molecule has 1 N–H and O–H groups in total. The number of halogens is 1. The van der Waals surface area contributed by atoms with E-state index in [0.717, 1.165) is 0 Å². The van der Waals surface area contributed by atoms with Crippen LogP contribution in [0.4, 0.5) is 4.39 Å². The summed E-state index contributed by atoms with van der Waals surface area (Å²) in [5.74, 6) is -0.425. The molecule has 0 aliphatic carbocycles. The van der Waals surface area contributed by atoms with Gasteiger partial charge < -0.3 is 5.11 Å². The minimum Gasteiger partial charge on any atom is -0.505 e. The number of pyridine rings is 1. The molecule has 3 heteroatoms. The second-order valence-corrected chi connectivity index (χ2v) is 2.80. The zero-order valence-electron chi connectivity index (χ0n) is 7.24. The maximum absolute atomic E-state index is 12.9. The highest BCUT2D eigenvalue weighted by Crippen LogP contribution is 2.25. The van der Waals surface area contributed by atoms with Crippen LogP contribution in [0.5, 0.6) is 5.75 Å². The number of nitrogens with zero attached hydrogens (tertiary/aromatic N) is 1. The van der Waals surface area contributed by atoms with E-state index >= 15 is 0 Å². The van der Waals surface area contributed by atoms with Gasteiger partial charge in [0.05, 0.1) is 0 Å². The first-order valence-corrected chi connectivity index (χ1v) is 4.09. The van der Waals surface area contributed by atoms with E-state index in [1.54, 1.807) is 12.1 Å². The molecule has 0 unspecified atom stereocenters. The van der Waals surface area contributed by atoms with Crippen LogP contribution >= 0.6 is 0 Å². The second kappa shape index (κ2) is 3.46. The van der Waals surface area contributed by atoms with Crippen LogP contribution in [-0.4, -0.2) is 10.1 Å². The predicted octanol–water partition coefficient (Wildman–Crippen LogP) is 2.39. The van der Waals surface area contributed by atoms with Gasteiger partial charge in [0.15, 0.2) is 0 Å². The van der Waals surface area contributed by atoms with Gasteiger partial charge in [-0.3, -0.25) is 4.98 Å². The topological polar surface area (TPSA) is 33.1 Å². The molecule has 1 heterocycles. The molecule has 2 nitrogen and oxygen atoms in total. The SMILES string of the molecule is Oc1[c]ccnc1-c1cccc(F)c1. The first-order valence-electron chi connectivity index (χ1n) is 4.09. The summed E-state index contributed by atoms with van der Waals surface area (Å²) in [4.78, 5) is 3.94. The molecule has 0 saturated heterocycles. The standard InChI is InChI=1S/C11H7FNO/c12-9-4-1-3-8(7-9)11-10(14)5-2-6-13-11/h1-4,6-7,14H. The summed E-state index contributed by atoms with van der Waals surface area (Å²) >= 11 is 0. The van der Waals surface area contributed by atoms with Crippen molar-refractivity contribution < 1.29 is 9.50 Å². The molecule has 2 rings (SSSR count). The van der Waals surface area contributed by atoms with Crippen molar-refractivity contribution in [3.63, 3.8) is 0 Å². The number of benzene rings is 1. The Labute approximate surface area is 80.7 Å². The summed E-state index contributed by atoms with van der Waals surface area (Å²) in [6.07, 6.45) is 1.50. The Bertz CT molecular complexity index is 457. The minimum absolute atomic E-state index is 0.0712. The van der Waals surface area contributed by atoms with Crippen molar-refractivity contribution in [1.29, 1.82) is 0 Å². The number of hydrogen-bond donors (Lipinski definition) is 1. The van der Waals surface area contributed by atoms with Gasteiger partial charge in [-0.2, -0.15) is 0 Å². The van der Waals surface area contributed by atoms with Crippen LogP contribution in [0.15, 0.2) is 36.5 Å². The maximum atomic E-state index is 12.9. The van der Waals surface area contributed by atoms with E-state index in [2.05, 4.69) is 11.1 Å². The lowest BCUT2D eigenvalue weighted by molar-refractivity contribution is 0.474. The van der Waals surface area contributed by atoms with Crippen molar-refractivity contribution >= 4 is 0 Å². The van der Waals surface area contributed by atoms with Gasteiger partial charge in [-0.15, -0.1) is 0 Å². The fourth-order valence-corrected chi connectivity index (χ4v) is 1.20. The molecule has 0 aliphatic rings. The van der Waals surface area contributed by atoms with Gasteiger partial charge in [-0.1, -0.05) is 12.1 Å². The largest absolute Gasteiger partial charge is 0.505 e. The zero-order valence-corrected chi connectivity index (χ0v) is 7.24. The molecular weight excluding hydrogens is 181 g/mol. The molecule has 1 radical (unpaired) electrons. The Morgan fingerprint density at radius 1 is 1.36 bits per heavy atom.